The van der Waals surface area contributed by atoms with Crippen LogP contribution >= 0.6 is 8.25 Å². The van der Waals surface area contributed by atoms with Gasteiger partial charge in [0.05, 0.1) is 24.3 Å². The molecule has 2 aromatic heterocycles. The topological polar surface area (TPSA) is 136 Å². The number of aliphatic hydroxyl groups is 1. The maximum atomic E-state index is 10.7. The Bertz CT molecular complexity index is 1200. The third-order valence-electron chi connectivity index (χ3n) is 4.30. The highest BCUT2D eigenvalue weighted by Gasteiger charge is 2.18. The third-order valence-corrected chi connectivity index (χ3v) is 4.69. The van der Waals surface area contributed by atoms with Gasteiger partial charge in [0.1, 0.15) is 5.52 Å². The Morgan fingerprint density at radius 1 is 1.17 bits per heavy atom. The molecule has 30 heavy (non-hydrogen) atoms. The summed E-state index contributed by atoms with van der Waals surface area (Å²) in [6.07, 6.45) is 0. The van der Waals surface area contributed by atoms with Gasteiger partial charge in [-0.3, -0.25) is 4.57 Å². The number of aromatic nitrogens is 5. The number of nitrogens with zero attached hydrogens (tertiary/aromatic N) is 5. The van der Waals surface area contributed by atoms with Crippen LogP contribution in [0.15, 0.2) is 47.0 Å². The monoisotopic (exact) mass is 429 g/mol. The van der Waals surface area contributed by atoms with E-state index in [2.05, 4.69) is 20.5 Å². The van der Waals surface area contributed by atoms with Crippen LogP contribution in [-0.2, 0) is 22.2 Å². The summed E-state index contributed by atoms with van der Waals surface area (Å²) in [5.74, 6) is 0.759. The molecule has 0 bridgehead atoms. The molecule has 156 valence electrons. The molecule has 0 aliphatic heterocycles. The van der Waals surface area contributed by atoms with E-state index >= 15 is 0 Å². The molecule has 1 atom stereocenters. The largest absolute Gasteiger partial charge is 0.389 e. The lowest BCUT2D eigenvalue weighted by Crippen LogP contribution is -2.26. The second-order valence-electron chi connectivity index (χ2n) is 7.44. The van der Waals surface area contributed by atoms with Crippen LogP contribution in [-0.4, -0.2) is 40.7 Å². The highest BCUT2D eigenvalue weighted by atomic mass is 31.1. The smallest absolute Gasteiger partial charge is 0.316 e. The van der Waals surface area contributed by atoms with Crippen molar-refractivity contribution in [2.45, 2.75) is 32.6 Å². The maximum absolute atomic E-state index is 10.7. The minimum Gasteiger partial charge on any atom is -0.389 e. The molecule has 2 heterocycles. The van der Waals surface area contributed by atoms with Crippen molar-refractivity contribution in [1.29, 1.82) is 0 Å². The Balaban J connectivity index is 1.55. The van der Waals surface area contributed by atoms with Crippen molar-refractivity contribution in [3.8, 4) is 22.8 Å². The summed E-state index contributed by atoms with van der Waals surface area (Å²) in [5.41, 5.74) is 2.75. The Kier molecular flexibility index (Phi) is 5.48. The second kappa shape index (κ2) is 8.08. The molecule has 0 saturated carbocycles. The molecule has 0 saturated heterocycles. The van der Waals surface area contributed by atoms with Gasteiger partial charge < -0.3 is 19.0 Å². The van der Waals surface area contributed by atoms with E-state index in [4.69, 9.17) is 13.9 Å². The second-order valence-corrected chi connectivity index (χ2v) is 8.26. The molecule has 11 heteroatoms. The molecule has 1 unspecified atom stereocenters. The van der Waals surface area contributed by atoms with Crippen LogP contribution in [0, 0.1) is 0 Å². The Labute approximate surface area is 172 Å². The van der Waals surface area contributed by atoms with Crippen LogP contribution in [0.2, 0.25) is 0 Å². The van der Waals surface area contributed by atoms with Crippen molar-refractivity contribution in [3.63, 3.8) is 0 Å². The summed E-state index contributed by atoms with van der Waals surface area (Å²) in [6, 6.07) is 12.6. The highest BCUT2D eigenvalue weighted by molar-refractivity contribution is 7.32. The summed E-state index contributed by atoms with van der Waals surface area (Å²) in [4.78, 5) is 13.2. The fourth-order valence-electron chi connectivity index (χ4n) is 2.94. The number of hydrogen-bond acceptors (Lipinski definition) is 8. The van der Waals surface area contributed by atoms with E-state index in [0.717, 1.165) is 16.6 Å². The number of rotatable bonds is 7. The maximum Gasteiger partial charge on any atom is 0.316 e. The lowest BCUT2D eigenvalue weighted by atomic mass is 10.1. The van der Waals surface area contributed by atoms with Gasteiger partial charge in [-0.25, -0.2) is 4.68 Å². The van der Waals surface area contributed by atoms with Gasteiger partial charge in [0, 0.05) is 11.1 Å². The lowest BCUT2D eigenvalue weighted by molar-refractivity contribution is 0.0585. The van der Waals surface area contributed by atoms with Crippen molar-refractivity contribution in [2.75, 3.05) is 0 Å². The Morgan fingerprint density at radius 3 is 2.60 bits per heavy atom. The summed E-state index contributed by atoms with van der Waals surface area (Å²) in [7, 11) is -2.96. The molecule has 0 aliphatic carbocycles. The van der Waals surface area contributed by atoms with Crippen molar-refractivity contribution in [3.05, 3.63) is 48.0 Å². The first-order chi connectivity index (χ1) is 14.3. The van der Waals surface area contributed by atoms with Crippen molar-refractivity contribution >= 4 is 19.3 Å². The molecule has 0 amide bonds. The highest BCUT2D eigenvalue weighted by Crippen LogP contribution is 2.26. The van der Waals surface area contributed by atoms with E-state index in [9.17, 15) is 9.67 Å². The fraction of sp³-hybridized carbons (Fsp3) is 0.263. The van der Waals surface area contributed by atoms with Gasteiger partial charge in [0.15, 0.2) is 0 Å². The Morgan fingerprint density at radius 2 is 1.90 bits per heavy atom. The predicted octanol–water partition coefficient (Wildman–Crippen LogP) is 2.82. The van der Waals surface area contributed by atoms with Gasteiger partial charge in [0.25, 0.3) is 5.89 Å². The zero-order valence-electron chi connectivity index (χ0n) is 16.3. The van der Waals surface area contributed by atoms with Crippen LogP contribution in [0.5, 0.6) is 0 Å². The number of hydrogen-bond donors (Lipinski definition) is 2. The van der Waals surface area contributed by atoms with Gasteiger partial charge >= 0.3 is 8.25 Å². The van der Waals surface area contributed by atoms with Crippen LogP contribution < -0.4 is 0 Å². The van der Waals surface area contributed by atoms with Gasteiger partial charge in [-0.2, -0.15) is 4.98 Å². The molecular weight excluding hydrogens is 409 g/mol. The average molecular weight is 429 g/mol. The van der Waals surface area contributed by atoms with Gasteiger partial charge in [-0.15, -0.1) is 5.10 Å². The van der Waals surface area contributed by atoms with Crippen molar-refractivity contribution in [1.82, 2.24) is 25.1 Å². The zero-order valence-corrected chi connectivity index (χ0v) is 17.3. The molecule has 10 nitrogen and oxygen atoms in total. The summed E-state index contributed by atoms with van der Waals surface area (Å²) in [5, 5.41) is 22.3. The SMILES string of the molecule is CC(C)(O)Cn1nnc2cc(-c3nc(-c4ccc(CO[PH](=O)O)cc4)no3)ccc21. The van der Waals surface area contributed by atoms with E-state index < -0.39 is 13.9 Å². The molecule has 4 rings (SSSR count). The molecule has 0 aliphatic rings. The number of benzene rings is 2. The standard InChI is InChI=1S/C19H20N5O5P/c1-19(2,25)11-24-16-8-7-14(9-15(16)21-23-24)18-20-17(22-29-18)13-5-3-12(4-6-13)10-28-30(26)27/h3-9,25,30H,10-11H2,1-2H3,(H,26,27). The summed E-state index contributed by atoms with van der Waals surface area (Å²) in [6.45, 7) is 3.80. The van der Waals surface area contributed by atoms with Crippen LogP contribution in [0.4, 0.5) is 0 Å². The van der Waals surface area contributed by atoms with Gasteiger partial charge in [-0.05, 0) is 37.6 Å². The fourth-order valence-corrected chi connectivity index (χ4v) is 3.23. The first-order valence-electron chi connectivity index (χ1n) is 9.13. The van der Waals surface area contributed by atoms with Gasteiger partial charge in [-0.1, -0.05) is 34.6 Å². The molecule has 2 aromatic carbocycles. The van der Waals surface area contributed by atoms with Crippen molar-refractivity contribution < 1.29 is 23.6 Å². The van der Waals surface area contributed by atoms with Crippen molar-refractivity contribution in [2.24, 2.45) is 0 Å². The zero-order chi connectivity index (χ0) is 21.3. The molecule has 0 radical (unpaired) electrons. The minimum atomic E-state index is -2.96. The lowest BCUT2D eigenvalue weighted by Gasteiger charge is -2.16. The molecule has 0 fully saturated rings. The quantitative estimate of drug-likeness (QED) is 0.425. The summed E-state index contributed by atoms with van der Waals surface area (Å²) < 4.78 is 22.4. The molecule has 2 N–H and O–H groups in total. The van der Waals surface area contributed by atoms with E-state index in [1.54, 1.807) is 48.9 Å². The van der Waals surface area contributed by atoms with Crippen LogP contribution in [0.1, 0.15) is 19.4 Å². The number of fused-ring (bicyclic) bond motifs is 1. The third kappa shape index (κ3) is 4.63. The minimum absolute atomic E-state index is 0.0558. The van der Waals surface area contributed by atoms with E-state index in [-0.39, 0.29) is 6.61 Å². The van der Waals surface area contributed by atoms with Crippen LogP contribution in [0.3, 0.4) is 0 Å². The first kappa shape index (κ1) is 20.4. The molecule has 0 spiro atoms. The van der Waals surface area contributed by atoms with Gasteiger partial charge in [0.2, 0.25) is 5.82 Å². The normalized spacial score (nSPS) is 13.1. The predicted molar refractivity (Wildman–Crippen MR) is 109 cm³/mol. The Hall–Kier alpha value is -2.91. The van der Waals surface area contributed by atoms with E-state index in [1.165, 1.54) is 0 Å². The van der Waals surface area contributed by atoms with Crippen LogP contribution in [0.25, 0.3) is 33.9 Å². The van der Waals surface area contributed by atoms with E-state index in [0.29, 0.717) is 29.3 Å². The first-order valence-corrected chi connectivity index (χ1v) is 10.4. The molecular formula is C19H20N5O5P. The molecule has 4 aromatic rings. The average Bonchev–Trinajstić information content (AvgIpc) is 3.33. The summed E-state index contributed by atoms with van der Waals surface area (Å²) >= 11 is 0. The van der Waals surface area contributed by atoms with E-state index in [1.807, 2.05) is 12.1 Å².